The van der Waals surface area contributed by atoms with Gasteiger partial charge < -0.3 is 16.0 Å². The Bertz CT molecular complexity index is 752. The first-order valence-corrected chi connectivity index (χ1v) is 9.60. The zero-order valence-corrected chi connectivity index (χ0v) is 15.8. The van der Waals surface area contributed by atoms with E-state index in [0.717, 1.165) is 31.9 Å². The van der Waals surface area contributed by atoms with Crippen LogP contribution < -0.4 is 16.0 Å². The molecule has 7 heteroatoms. The number of benzene rings is 1. The van der Waals surface area contributed by atoms with Gasteiger partial charge in [0.15, 0.2) is 5.96 Å². The van der Waals surface area contributed by atoms with Crippen molar-refractivity contribution in [2.24, 2.45) is 10.9 Å². The van der Waals surface area contributed by atoms with Crippen LogP contribution in [0.25, 0.3) is 0 Å². The number of rotatable bonds is 9. The van der Waals surface area contributed by atoms with Gasteiger partial charge >= 0.3 is 0 Å². The highest BCUT2D eigenvalue weighted by Crippen LogP contribution is 2.28. The topological polar surface area (TPSA) is 83.3 Å². The van der Waals surface area contributed by atoms with Crippen LogP contribution in [0, 0.1) is 5.92 Å². The molecular weight excluding hydrogens is 340 g/mol. The van der Waals surface area contributed by atoms with Gasteiger partial charge in [-0.3, -0.25) is 9.48 Å². The number of carbonyl (C=O) groups excluding carboxylic acids is 1. The molecule has 2 aromatic rings. The van der Waals surface area contributed by atoms with E-state index in [1.54, 1.807) is 6.20 Å². The molecule has 1 heterocycles. The minimum atomic E-state index is 0.172. The molecule has 1 fully saturated rings. The number of aliphatic imine (C=N–C) groups is 1. The largest absolute Gasteiger partial charge is 0.357 e. The molecular formula is C20H28N6O. The van der Waals surface area contributed by atoms with Crippen molar-refractivity contribution in [2.45, 2.75) is 32.9 Å². The SMILES string of the molecule is CCNC(=NCc1ccccc1Cn1cccn1)NCCNC(=O)C1CC1. The molecule has 7 nitrogen and oxygen atoms in total. The van der Waals surface area contributed by atoms with Crippen molar-refractivity contribution in [3.63, 3.8) is 0 Å². The Labute approximate surface area is 160 Å². The molecule has 1 saturated carbocycles. The van der Waals surface area contributed by atoms with E-state index < -0.39 is 0 Å². The van der Waals surface area contributed by atoms with Gasteiger partial charge in [-0.1, -0.05) is 24.3 Å². The Hall–Kier alpha value is -2.83. The highest BCUT2D eigenvalue weighted by Gasteiger charge is 2.28. The zero-order chi connectivity index (χ0) is 18.9. The molecule has 144 valence electrons. The molecule has 1 amide bonds. The number of nitrogens with zero attached hydrogens (tertiary/aromatic N) is 3. The van der Waals surface area contributed by atoms with Gasteiger partial charge in [-0.2, -0.15) is 5.10 Å². The van der Waals surface area contributed by atoms with E-state index in [1.807, 2.05) is 36.0 Å². The van der Waals surface area contributed by atoms with Crippen molar-refractivity contribution in [1.82, 2.24) is 25.7 Å². The van der Waals surface area contributed by atoms with Crippen LogP contribution in [0.2, 0.25) is 0 Å². The van der Waals surface area contributed by atoms with Crippen LogP contribution in [0.4, 0.5) is 0 Å². The number of aromatic nitrogens is 2. The summed E-state index contributed by atoms with van der Waals surface area (Å²) in [6, 6.07) is 10.2. The van der Waals surface area contributed by atoms with Crippen molar-refractivity contribution in [3.05, 3.63) is 53.9 Å². The van der Waals surface area contributed by atoms with E-state index >= 15 is 0 Å². The lowest BCUT2D eigenvalue weighted by atomic mass is 10.1. The summed E-state index contributed by atoms with van der Waals surface area (Å²) in [6.07, 6.45) is 5.81. The number of hydrogen-bond acceptors (Lipinski definition) is 3. The second-order valence-corrected chi connectivity index (χ2v) is 6.66. The number of carbonyl (C=O) groups is 1. The van der Waals surface area contributed by atoms with E-state index in [4.69, 9.17) is 0 Å². The smallest absolute Gasteiger partial charge is 0.223 e. The molecule has 3 N–H and O–H groups in total. The summed E-state index contributed by atoms with van der Waals surface area (Å²) in [6.45, 7) is 5.40. The maximum atomic E-state index is 11.7. The van der Waals surface area contributed by atoms with Gasteiger partial charge in [-0.15, -0.1) is 0 Å². The molecule has 1 aliphatic carbocycles. The maximum Gasteiger partial charge on any atom is 0.223 e. The third-order valence-corrected chi connectivity index (χ3v) is 4.43. The third-order valence-electron chi connectivity index (χ3n) is 4.43. The first-order valence-electron chi connectivity index (χ1n) is 9.60. The molecule has 0 spiro atoms. The Kier molecular flexibility index (Phi) is 6.84. The van der Waals surface area contributed by atoms with Crippen LogP contribution in [0.3, 0.4) is 0 Å². The molecule has 0 aliphatic heterocycles. The Morgan fingerprint density at radius 2 is 1.93 bits per heavy atom. The molecule has 27 heavy (non-hydrogen) atoms. The van der Waals surface area contributed by atoms with Crippen LogP contribution in [0.5, 0.6) is 0 Å². The van der Waals surface area contributed by atoms with Crippen LogP contribution in [0.1, 0.15) is 30.9 Å². The maximum absolute atomic E-state index is 11.7. The molecule has 0 atom stereocenters. The number of nitrogens with one attached hydrogen (secondary N) is 3. The van der Waals surface area contributed by atoms with Crippen molar-refractivity contribution < 1.29 is 4.79 Å². The average Bonchev–Trinajstić information content (AvgIpc) is 3.41. The van der Waals surface area contributed by atoms with Gasteiger partial charge in [0.05, 0.1) is 13.1 Å². The quantitative estimate of drug-likeness (QED) is 0.356. The van der Waals surface area contributed by atoms with Gasteiger partial charge in [-0.25, -0.2) is 4.99 Å². The summed E-state index contributed by atoms with van der Waals surface area (Å²) in [5, 5.41) is 13.8. The molecule has 0 radical (unpaired) electrons. The standard InChI is InChI=1S/C20H28N6O/c1-2-21-20(23-12-11-22-19(27)16-8-9-16)24-14-17-6-3-4-7-18(17)15-26-13-5-10-25-26/h3-7,10,13,16H,2,8-9,11-12,14-15H2,1H3,(H,22,27)(H2,21,23,24). The fraction of sp³-hybridized carbons (Fsp3) is 0.450. The van der Waals surface area contributed by atoms with Crippen molar-refractivity contribution in [1.29, 1.82) is 0 Å². The molecule has 0 saturated heterocycles. The predicted molar refractivity (Wildman–Crippen MR) is 106 cm³/mol. The Balaban J connectivity index is 1.53. The van der Waals surface area contributed by atoms with E-state index in [2.05, 4.69) is 38.2 Å². The van der Waals surface area contributed by atoms with Crippen molar-refractivity contribution >= 4 is 11.9 Å². The number of guanidine groups is 1. The monoisotopic (exact) mass is 368 g/mol. The summed E-state index contributed by atoms with van der Waals surface area (Å²) in [5.41, 5.74) is 2.38. The second-order valence-electron chi connectivity index (χ2n) is 6.66. The lowest BCUT2D eigenvalue weighted by Gasteiger charge is -2.13. The molecule has 1 aromatic heterocycles. The first kappa shape index (κ1) is 18.9. The van der Waals surface area contributed by atoms with Crippen molar-refractivity contribution in [2.75, 3.05) is 19.6 Å². The predicted octanol–water partition coefficient (Wildman–Crippen LogP) is 1.51. The van der Waals surface area contributed by atoms with Crippen LogP contribution in [-0.4, -0.2) is 41.3 Å². The summed E-state index contributed by atoms with van der Waals surface area (Å²) < 4.78 is 1.91. The Morgan fingerprint density at radius 3 is 2.63 bits per heavy atom. The van der Waals surface area contributed by atoms with Crippen molar-refractivity contribution in [3.8, 4) is 0 Å². The number of amides is 1. The summed E-state index contributed by atoms with van der Waals surface area (Å²) in [5.74, 6) is 1.18. The minimum absolute atomic E-state index is 0.172. The lowest BCUT2D eigenvalue weighted by Crippen LogP contribution is -2.41. The van der Waals surface area contributed by atoms with Gasteiger partial charge in [0.25, 0.3) is 0 Å². The fourth-order valence-electron chi connectivity index (χ4n) is 2.80. The average molecular weight is 368 g/mol. The zero-order valence-electron chi connectivity index (χ0n) is 15.8. The molecule has 1 aromatic carbocycles. The molecule has 3 rings (SSSR count). The number of hydrogen-bond donors (Lipinski definition) is 3. The third kappa shape index (κ3) is 6.13. The van der Waals surface area contributed by atoms with E-state index in [9.17, 15) is 4.79 Å². The van der Waals surface area contributed by atoms with E-state index in [0.29, 0.717) is 19.6 Å². The summed E-state index contributed by atoms with van der Waals surface area (Å²) >= 11 is 0. The van der Waals surface area contributed by atoms with Gasteiger partial charge in [0.2, 0.25) is 5.91 Å². The second kappa shape index (κ2) is 9.75. The molecule has 1 aliphatic rings. The Morgan fingerprint density at radius 1 is 1.15 bits per heavy atom. The van der Waals surface area contributed by atoms with Gasteiger partial charge in [0.1, 0.15) is 0 Å². The van der Waals surface area contributed by atoms with E-state index in [-0.39, 0.29) is 11.8 Å². The highest BCUT2D eigenvalue weighted by atomic mass is 16.2. The fourth-order valence-corrected chi connectivity index (χ4v) is 2.80. The van der Waals surface area contributed by atoms with Crippen LogP contribution in [0.15, 0.2) is 47.7 Å². The molecule has 0 unspecified atom stereocenters. The van der Waals surface area contributed by atoms with Gasteiger partial charge in [0, 0.05) is 37.9 Å². The summed E-state index contributed by atoms with van der Waals surface area (Å²) in [4.78, 5) is 16.4. The highest BCUT2D eigenvalue weighted by molar-refractivity contribution is 5.81. The van der Waals surface area contributed by atoms with Crippen LogP contribution in [-0.2, 0) is 17.9 Å². The molecule has 0 bridgehead atoms. The normalized spacial score (nSPS) is 14.0. The van der Waals surface area contributed by atoms with Crippen LogP contribution >= 0.6 is 0 Å². The lowest BCUT2D eigenvalue weighted by molar-refractivity contribution is -0.122. The summed E-state index contributed by atoms with van der Waals surface area (Å²) in [7, 11) is 0. The van der Waals surface area contributed by atoms with Gasteiger partial charge in [-0.05, 0) is 37.0 Å². The van der Waals surface area contributed by atoms with E-state index in [1.165, 1.54) is 11.1 Å². The minimum Gasteiger partial charge on any atom is -0.357 e. The first-order chi connectivity index (χ1) is 13.3.